The Labute approximate surface area is 61.3 Å². The molecule has 0 amide bonds. The molecule has 0 bridgehead atoms. The Balaban J connectivity index is 3.40. The van der Waals surface area contributed by atoms with Gasteiger partial charge < -0.3 is 9.30 Å². The van der Waals surface area contributed by atoms with Crippen molar-refractivity contribution >= 4 is 14.4 Å². The monoisotopic (exact) mass is 162 g/mol. The van der Waals surface area contributed by atoms with Gasteiger partial charge in [-0.25, -0.2) is 4.79 Å². The SMILES string of the molecule is C=C(C)C(=O)OCC[PH2]=O. The maximum absolute atomic E-state index is 10.6. The Morgan fingerprint density at radius 3 is 2.70 bits per heavy atom. The number of esters is 1. The quantitative estimate of drug-likeness (QED) is 0.266. The van der Waals surface area contributed by atoms with E-state index in [1.807, 2.05) is 0 Å². The highest BCUT2D eigenvalue weighted by Gasteiger charge is 2.00. The van der Waals surface area contributed by atoms with Crippen molar-refractivity contribution in [3.63, 3.8) is 0 Å². The summed E-state index contributed by atoms with van der Waals surface area (Å²) in [5.41, 5.74) is 0.376. The van der Waals surface area contributed by atoms with Crippen LogP contribution in [0.5, 0.6) is 0 Å². The molecule has 0 aromatic rings. The van der Waals surface area contributed by atoms with Crippen LogP contribution in [0.2, 0.25) is 0 Å². The van der Waals surface area contributed by atoms with E-state index in [1.54, 1.807) is 6.92 Å². The molecule has 0 aliphatic carbocycles. The minimum atomic E-state index is -0.808. The molecule has 1 atom stereocenters. The number of hydrogen-bond acceptors (Lipinski definition) is 3. The molecule has 3 nitrogen and oxygen atoms in total. The van der Waals surface area contributed by atoms with E-state index in [2.05, 4.69) is 11.3 Å². The topological polar surface area (TPSA) is 43.4 Å². The van der Waals surface area contributed by atoms with Gasteiger partial charge in [0.1, 0.15) is 0 Å². The highest BCUT2D eigenvalue weighted by atomic mass is 31.1. The summed E-state index contributed by atoms with van der Waals surface area (Å²) in [5, 5.41) is 0. The van der Waals surface area contributed by atoms with Crippen molar-refractivity contribution in [1.29, 1.82) is 0 Å². The smallest absolute Gasteiger partial charge is 0.333 e. The molecule has 0 aliphatic rings. The van der Waals surface area contributed by atoms with Crippen LogP contribution >= 0.6 is 8.46 Å². The van der Waals surface area contributed by atoms with E-state index in [0.717, 1.165) is 0 Å². The fourth-order valence-electron chi connectivity index (χ4n) is 0.323. The Morgan fingerprint density at radius 2 is 2.30 bits per heavy atom. The Morgan fingerprint density at radius 1 is 1.70 bits per heavy atom. The van der Waals surface area contributed by atoms with Crippen LogP contribution in [0.25, 0.3) is 0 Å². The molecule has 0 spiro atoms. The molecule has 0 fully saturated rings. The first-order valence-corrected chi connectivity index (χ1v) is 4.23. The van der Waals surface area contributed by atoms with Crippen LogP contribution in [0.15, 0.2) is 12.2 Å². The number of hydrogen-bond donors (Lipinski definition) is 0. The summed E-state index contributed by atoms with van der Waals surface area (Å²) in [5.74, 6) is -0.409. The molecule has 0 N–H and O–H groups in total. The third-order valence-electron chi connectivity index (χ3n) is 0.817. The second-order valence-corrected chi connectivity index (χ2v) is 2.78. The third-order valence-corrected chi connectivity index (χ3v) is 1.29. The zero-order valence-electron chi connectivity index (χ0n) is 5.92. The lowest BCUT2D eigenvalue weighted by Gasteiger charge is -1.99. The molecule has 0 saturated heterocycles. The Bertz CT molecular complexity index is 153. The molecule has 0 heterocycles. The molecular weight excluding hydrogens is 151 g/mol. The van der Waals surface area contributed by atoms with Crippen LogP contribution in [0, 0.1) is 0 Å². The lowest BCUT2D eigenvalue weighted by atomic mass is 10.4. The van der Waals surface area contributed by atoms with Gasteiger partial charge in [-0.15, -0.1) is 0 Å². The van der Waals surface area contributed by atoms with E-state index in [4.69, 9.17) is 0 Å². The van der Waals surface area contributed by atoms with E-state index in [0.29, 0.717) is 11.7 Å². The van der Waals surface area contributed by atoms with Gasteiger partial charge in [0.05, 0.1) is 15.1 Å². The van der Waals surface area contributed by atoms with Crippen molar-refractivity contribution < 1.29 is 14.1 Å². The second kappa shape index (κ2) is 5.24. The van der Waals surface area contributed by atoms with E-state index < -0.39 is 14.4 Å². The fourth-order valence-corrected chi connectivity index (χ4v) is 0.537. The highest BCUT2D eigenvalue weighted by molar-refractivity contribution is 7.23. The zero-order chi connectivity index (χ0) is 7.98. The van der Waals surface area contributed by atoms with Crippen molar-refractivity contribution in [2.45, 2.75) is 6.92 Å². The largest absolute Gasteiger partial charge is 0.462 e. The minimum absolute atomic E-state index is 0.241. The average molecular weight is 162 g/mol. The van der Waals surface area contributed by atoms with Gasteiger partial charge in [-0.1, -0.05) is 6.58 Å². The van der Waals surface area contributed by atoms with Gasteiger partial charge in [-0.05, 0) is 6.92 Å². The molecule has 0 saturated carbocycles. The van der Waals surface area contributed by atoms with Crippen LogP contribution in [-0.2, 0) is 14.1 Å². The van der Waals surface area contributed by atoms with Gasteiger partial charge in [0, 0.05) is 11.7 Å². The van der Waals surface area contributed by atoms with Crippen molar-refractivity contribution in [1.82, 2.24) is 0 Å². The molecular formula is C6H11O3P. The van der Waals surface area contributed by atoms with E-state index in [-0.39, 0.29) is 6.61 Å². The summed E-state index contributed by atoms with van der Waals surface area (Å²) in [6.07, 6.45) is 0.457. The minimum Gasteiger partial charge on any atom is -0.462 e. The molecule has 0 radical (unpaired) electrons. The first-order chi connectivity index (χ1) is 4.68. The second-order valence-electron chi connectivity index (χ2n) is 1.87. The highest BCUT2D eigenvalue weighted by Crippen LogP contribution is 1.94. The fraction of sp³-hybridized carbons (Fsp3) is 0.500. The molecule has 0 aromatic heterocycles. The summed E-state index contributed by atoms with van der Waals surface area (Å²) in [4.78, 5) is 10.6. The molecule has 10 heavy (non-hydrogen) atoms. The van der Waals surface area contributed by atoms with Gasteiger partial charge in [0.15, 0.2) is 0 Å². The van der Waals surface area contributed by atoms with E-state index in [9.17, 15) is 9.36 Å². The van der Waals surface area contributed by atoms with Crippen LogP contribution in [0.1, 0.15) is 6.92 Å². The van der Waals surface area contributed by atoms with Crippen molar-refractivity contribution in [2.24, 2.45) is 0 Å². The zero-order valence-corrected chi connectivity index (χ0v) is 7.08. The average Bonchev–Trinajstić information content (AvgIpc) is 1.88. The van der Waals surface area contributed by atoms with Gasteiger partial charge >= 0.3 is 5.97 Å². The Hall–Kier alpha value is -0.560. The molecule has 0 aromatic carbocycles. The summed E-state index contributed by atoms with van der Waals surface area (Å²) >= 11 is 0. The number of rotatable bonds is 4. The number of carbonyl (C=O) groups excluding carboxylic acids is 1. The van der Waals surface area contributed by atoms with Crippen LogP contribution < -0.4 is 0 Å². The van der Waals surface area contributed by atoms with Crippen molar-refractivity contribution in [3.05, 3.63) is 12.2 Å². The van der Waals surface area contributed by atoms with E-state index >= 15 is 0 Å². The number of ether oxygens (including phenoxy) is 1. The lowest BCUT2D eigenvalue weighted by Crippen LogP contribution is -2.06. The number of carbonyl (C=O) groups is 1. The summed E-state index contributed by atoms with van der Waals surface area (Å²) < 4.78 is 14.6. The predicted molar refractivity (Wildman–Crippen MR) is 41.0 cm³/mol. The van der Waals surface area contributed by atoms with Crippen molar-refractivity contribution in [2.75, 3.05) is 12.8 Å². The van der Waals surface area contributed by atoms with Crippen molar-refractivity contribution in [3.8, 4) is 0 Å². The van der Waals surface area contributed by atoms with Crippen LogP contribution in [0.4, 0.5) is 0 Å². The maximum atomic E-state index is 10.6. The first kappa shape index (κ1) is 9.44. The third kappa shape index (κ3) is 4.33. The standard InChI is InChI=1S/C6H11O3P/c1-5(2)6(7)9-3-4-10-8/h1,3-4,10H2,2H3. The molecule has 0 aliphatic heterocycles. The maximum Gasteiger partial charge on any atom is 0.333 e. The van der Waals surface area contributed by atoms with Gasteiger partial charge in [0.2, 0.25) is 0 Å². The molecule has 0 rings (SSSR count). The lowest BCUT2D eigenvalue weighted by molar-refractivity contribution is -0.138. The predicted octanol–water partition coefficient (Wildman–Crippen LogP) is 0.862. The summed E-state index contributed by atoms with van der Waals surface area (Å²) in [7, 11) is -0.808. The van der Waals surface area contributed by atoms with Gasteiger partial charge in [-0.2, -0.15) is 0 Å². The van der Waals surface area contributed by atoms with E-state index in [1.165, 1.54) is 0 Å². The first-order valence-electron chi connectivity index (χ1n) is 2.94. The summed E-state index contributed by atoms with van der Waals surface area (Å²) in [6, 6.07) is 0. The van der Waals surface area contributed by atoms with Crippen LogP contribution in [-0.4, -0.2) is 18.7 Å². The van der Waals surface area contributed by atoms with Gasteiger partial charge in [0.25, 0.3) is 0 Å². The molecule has 1 unspecified atom stereocenters. The molecule has 4 heteroatoms. The molecule has 58 valence electrons. The summed E-state index contributed by atoms with van der Waals surface area (Å²) in [6.45, 7) is 5.20. The Kier molecular flexibility index (Phi) is 4.95. The normalized spacial score (nSPS) is 10.1. The van der Waals surface area contributed by atoms with Crippen LogP contribution in [0.3, 0.4) is 0 Å². The van der Waals surface area contributed by atoms with Gasteiger partial charge in [-0.3, -0.25) is 0 Å².